The Morgan fingerprint density at radius 3 is 3.00 bits per heavy atom. The molecule has 0 radical (unpaired) electrons. The van der Waals surface area contributed by atoms with Crippen LogP contribution in [0.4, 0.5) is 0 Å². The molecule has 1 aromatic carbocycles. The topological polar surface area (TPSA) is 22.0 Å². The maximum Gasteiger partial charge on any atom is 0.152 e. The fourth-order valence-corrected chi connectivity index (χ4v) is 2.66. The first-order valence-corrected chi connectivity index (χ1v) is 7.11. The van der Waals surface area contributed by atoms with Gasteiger partial charge in [0.15, 0.2) is 6.29 Å². The minimum Gasteiger partial charge on any atom is -0.346 e. The quantitative estimate of drug-likeness (QED) is 0.606. The van der Waals surface area contributed by atoms with Gasteiger partial charge in [-0.15, -0.1) is 0 Å². The summed E-state index contributed by atoms with van der Waals surface area (Å²) < 4.78 is 2.10. The van der Waals surface area contributed by atoms with Crippen LogP contribution in [0.25, 0.3) is 10.9 Å². The lowest BCUT2D eigenvalue weighted by Crippen LogP contribution is -1.98. The number of nitrogens with zero attached hydrogens (tertiary/aromatic N) is 1. The smallest absolute Gasteiger partial charge is 0.152 e. The van der Waals surface area contributed by atoms with Crippen LogP contribution in [0.5, 0.6) is 0 Å². The zero-order chi connectivity index (χ0) is 12.3. The summed E-state index contributed by atoms with van der Waals surface area (Å²) in [7, 11) is 0. The Hall–Kier alpha value is -0.930. The summed E-state index contributed by atoms with van der Waals surface area (Å²) in [6.45, 7) is 3.05. The van der Waals surface area contributed by atoms with E-state index < -0.39 is 0 Å². The van der Waals surface area contributed by atoms with E-state index in [2.05, 4.69) is 11.5 Å². The average Bonchev–Trinajstić information content (AvgIpc) is 2.67. The van der Waals surface area contributed by atoms with Crippen molar-refractivity contribution in [3.05, 3.63) is 35.0 Å². The number of hydrogen-bond donors (Lipinski definition) is 0. The number of aryl methyl sites for hydroxylation is 1. The van der Waals surface area contributed by atoms with Gasteiger partial charge in [0.05, 0.1) is 5.52 Å². The molecule has 1 aromatic heterocycles. The van der Waals surface area contributed by atoms with Gasteiger partial charge in [0.25, 0.3) is 0 Å². The minimum absolute atomic E-state index is 0.706. The second-order valence-electron chi connectivity index (χ2n) is 3.75. The molecule has 0 saturated carbocycles. The third-order valence-corrected chi connectivity index (χ3v) is 3.80. The molecule has 0 aliphatic rings. The Balaban J connectivity index is 2.40. The van der Waals surface area contributed by atoms with Crippen LogP contribution in [-0.4, -0.2) is 22.4 Å². The van der Waals surface area contributed by atoms with Crippen molar-refractivity contribution in [2.45, 2.75) is 13.5 Å². The highest BCUT2D eigenvalue weighted by Gasteiger charge is 2.07. The van der Waals surface area contributed by atoms with Gasteiger partial charge in [0.1, 0.15) is 0 Å². The molecule has 0 amide bonds. The van der Waals surface area contributed by atoms with Gasteiger partial charge in [-0.1, -0.05) is 24.6 Å². The van der Waals surface area contributed by atoms with Crippen molar-refractivity contribution in [3.8, 4) is 0 Å². The Kier molecular flexibility index (Phi) is 4.13. The predicted octanol–water partition coefficient (Wildman–Crippen LogP) is 3.86. The molecule has 0 spiro atoms. The lowest BCUT2D eigenvalue weighted by Gasteiger charge is -2.04. The van der Waals surface area contributed by atoms with Crippen molar-refractivity contribution in [1.29, 1.82) is 0 Å². The molecular weight excluding hydrogens is 254 g/mol. The maximum atomic E-state index is 11.0. The SMILES string of the molecule is CCSCCn1cc(C=O)c2ccc(Cl)cc21. The normalized spacial score (nSPS) is 10.9. The van der Waals surface area contributed by atoms with Gasteiger partial charge < -0.3 is 4.57 Å². The molecule has 0 aliphatic heterocycles. The summed E-state index contributed by atoms with van der Waals surface area (Å²) in [5.41, 5.74) is 1.77. The number of fused-ring (bicyclic) bond motifs is 1. The maximum absolute atomic E-state index is 11.0. The number of halogens is 1. The predicted molar refractivity (Wildman–Crippen MR) is 75.3 cm³/mol. The Morgan fingerprint density at radius 1 is 1.47 bits per heavy atom. The van der Waals surface area contributed by atoms with Crippen LogP contribution in [0.3, 0.4) is 0 Å². The van der Waals surface area contributed by atoms with Crippen LogP contribution in [0, 0.1) is 0 Å². The molecular formula is C13H14ClNOS. The lowest BCUT2D eigenvalue weighted by atomic mass is 10.2. The monoisotopic (exact) mass is 267 g/mol. The highest BCUT2D eigenvalue weighted by Crippen LogP contribution is 2.24. The first kappa shape index (κ1) is 12.5. The van der Waals surface area contributed by atoms with Gasteiger partial charge in [-0.3, -0.25) is 4.79 Å². The number of thioether (sulfide) groups is 1. The van der Waals surface area contributed by atoms with Crippen LogP contribution in [0.1, 0.15) is 17.3 Å². The molecule has 0 bridgehead atoms. The number of hydrogen-bond acceptors (Lipinski definition) is 2. The zero-order valence-electron chi connectivity index (χ0n) is 9.65. The van der Waals surface area contributed by atoms with Gasteiger partial charge in [-0.05, 0) is 17.9 Å². The highest BCUT2D eigenvalue weighted by atomic mass is 35.5. The molecule has 0 atom stereocenters. The summed E-state index contributed by atoms with van der Waals surface area (Å²) in [6, 6.07) is 5.65. The van der Waals surface area contributed by atoms with Crippen LogP contribution in [0.2, 0.25) is 5.02 Å². The molecule has 0 fully saturated rings. The van der Waals surface area contributed by atoms with E-state index in [0.29, 0.717) is 5.02 Å². The molecule has 2 aromatic rings. The molecule has 4 heteroatoms. The van der Waals surface area contributed by atoms with E-state index in [1.807, 2.05) is 36.2 Å². The van der Waals surface area contributed by atoms with Crippen molar-refractivity contribution >= 4 is 40.6 Å². The number of rotatable bonds is 5. The summed E-state index contributed by atoms with van der Waals surface area (Å²) in [6.07, 6.45) is 2.81. The van der Waals surface area contributed by atoms with Crippen LogP contribution < -0.4 is 0 Å². The molecule has 0 aliphatic carbocycles. The summed E-state index contributed by atoms with van der Waals surface area (Å²) in [5.74, 6) is 2.16. The van der Waals surface area contributed by atoms with Crippen molar-refractivity contribution in [2.24, 2.45) is 0 Å². The van der Waals surface area contributed by atoms with Gasteiger partial charge in [0, 0.05) is 34.5 Å². The van der Waals surface area contributed by atoms with Crippen LogP contribution in [-0.2, 0) is 6.54 Å². The second-order valence-corrected chi connectivity index (χ2v) is 5.58. The van der Waals surface area contributed by atoms with Gasteiger partial charge >= 0.3 is 0 Å². The van der Waals surface area contributed by atoms with Crippen LogP contribution in [0.15, 0.2) is 24.4 Å². The molecule has 0 N–H and O–H groups in total. The molecule has 1 heterocycles. The van der Waals surface area contributed by atoms with Gasteiger partial charge in [-0.25, -0.2) is 0 Å². The molecule has 17 heavy (non-hydrogen) atoms. The Bertz CT molecular complexity index is 535. The fraction of sp³-hybridized carbons (Fsp3) is 0.308. The third-order valence-electron chi connectivity index (χ3n) is 2.68. The van der Waals surface area contributed by atoms with E-state index >= 15 is 0 Å². The summed E-state index contributed by atoms with van der Waals surface area (Å²) in [4.78, 5) is 11.0. The van der Waals surface area contributed by atoms with E-state index in [9.17, 15) is 4.79 Å². The van der Waals surface area contributed by atoms with Gasteiger partial charge in [0.2, 0.25) is 0 Å². The first-order chi connectivity index (χ1) is 8.26. The third kappa shape index (κ3) is 2.67. The van der Waals surface area contributed by atoms with Gasteiger partial charge in [-0.2, -0.15) is 11.8 Å². The first-order valence-electron chi connectivity index (χ1n) is 5.57. The summed E-state index contributed by atoms with van der Waals surface area (Å²) in [5, 5.41) is 1.68. The second kappa shape index (κ2) is 5.61. The zero-order valence-corrected chi connectivity index (χ0v) is 11.2. The average molecular weight is 268 g/mol. The molecule has 2 nitrogen and oxygen atoms in total. The Morgan fingerprint density at radius 2 is 2.29 bits per heavy atom. The van der Waals surface area contributed by atoms with E-state index in [0.717, 1.165) is 40.8 Å². The highest BCUT2D eigenvalue weighted by molar-refractivity contribution is 7.99. The molecule has 0 saturated heterocycles. The molecule has 0 unspecified atom stereocenters. The van der Waals surface area contributed by atoms with E-state index in [1.54, 1.807) is 0 Å². The summed E-state index contributed by atoms with van der Waals surface area (Å²) >= 11 is 7.89. The van der Waals surface area contributed by atoms with Crippen molar-refractivity contribution < 1.29 is 4.79 Å². The Labute approximate surface area is 110 Å². The standard InChI is InChI=1S/C13H14ClNOS/c1-2-17-6-5-15-8-10(9-16)12-4-3-11(14)7-13(12)15/h3-4,7-9H,2,5-6H2,1H3. The van der Waals surface area contributed by atoms with E-state index in [1.165, 1.54) is 0 Å². The number of carbonyl (C=O) groups is 1. The minimum atomic E-state index is 0.706. The number of carbonyl (C=O) groups excluding carboxylic acids is 1. The van der Waals surface area contributed by atoms with E-state index in [-0.39, 0.29) is 0 Å². The van der Waals surface area contributed by atoms with Crippen molar-refractivity contribution in [3.63, 3.8) is 0 Å². The van der Waals surface area contributed by atoms with Crippen molar-refractivity contribution in [1.82, 2.24) is 4.57 Å². The van der Waals surface area contributed by atoms with Crippen LogP contribution >= 0.6 is 23.4 Å². The lowest BCUT2D eigenvalue weighted by molar-refractivity contribution is 0.112. The molecule has 2 rings (SSSR count). The number of benzene rings is 1. The number of aromatic nitrogens is 1. The van der Waals surface area contributed by atoms with Crippen molar-refractivity contribution in [2.75, 3.05) is 11.5 Å². The molecule has 90 valence electrons. The largest absolute Gasteiger partial charge is 0.346 e. The van der Waals surface area contributed by atoms with E-state index in [4.69, 9.17) is 11.6 Å². The fourth-order valence-electron chi connectivity index (χ4n) is 1.88. The number of aldehydes is 1.